The van der Waals surface area contributed by atoms with Gasteiger partial charge in [0.2, 0.25) is 10.0 Å². The van der Waals surface area contributed by atoms with Gasteiger partial charge in [0.05, 0.1) is 11.9 Å². The number of halogens is 6. The van der Waals surface area contributed by atoms with E-state index in [9.17, 15) is 17.2 Å². The van der Waals surface area contributed by atoms with Gasteiger partial charge in [-0.25, -0.2) is 12.1 Å². The molecule has 1 aromatic rings. The zero-order valence-corrected chi connectivity index (χ0v) is 14.3. The highest BCUT2D eigenvalue weighted by molar-refractivity contribution is 8.16. The maximum absolute atomic E-state index is 13.1. The molecule has 20 heavy (non-hydrogen) atoms. The Bertz CT molecular complexity index is 575. The first-order valence-electron chi connectivity index (χ1n) is 4.74. The minimum Gasteiger partial charge on any atom is -0.209 e. The molecule has 0 aromatic heterocycles. The quantitative estimate of drug-likeness (QED) is 0.526. The standard InChI is InChI=1S/C9H7Cl4F2NO2S2/c1-20(17,18)16(7-4-2-6(10)3-5-7)19-8(11,12)9(13,14)15/h2-5H,1H3. The third-order valence-corrected chi connectivity index (χ3v) is 6.31. The monoisotopic (exact) mass is 403 g/mol. The Morgan fingerprint density at radius 2 is 1.60 bits per heavy atom. The van der Waals surface area contributed by atoms with Gasteiger partial charge in [0, 0.05) is 17.0 Å². The summed E-state index contributed by atoms with van der Waals surface area (Å²) in [6.45, 7) is 0. The first-order chi connectivity index (χ1) is 8.84. The minimum atomic E-state index is -4.05. The van der Waals surface area contributed by atoms with Gasteiger partial charge in [0.1, 0.15) is 0 Å². The van der Waals surface area contributed by atoms with Crippen molar-refractivity contribution in [2.45, 2.75) is 9.05 Å². The lowest BCUT2D eigenvalue weighted by Gasteiger charge is -2.29. The first kappa shape index (κ1) is 18.4. The van der Waals surface area contributed by atoms with Crippen LogP contribution in [0.1, 0.15) is 0 Å². The summed E-state index contributed by atoms with van der Waals surface area (Å²) in [6.07, 6.45) is 0.810. The largest absolute Gasteiger partial charge is 0.365 e. The summed E-state index contributed by atoms with van der Waals surface area (Å²) in [6, 6.07) is 5.40. The Labute approximate surface area is 139 Å². The van der Waals surface area contributed by atoms with Gasteiger partial charge in [0.25, 0.3) is 3.67 Å². The Hall–Kier alpha value is 0.340. The van der Waals surface area contributed by atoms with Crippen molar-refractivity contribution in [1.82, 2.24) is 0 Å². The number of hydrogen-bond acceptors (Lipinski definition) is 3. The summed E-state index contributed by atoms with van der Waals surface area (Å²) in [5, 5.41) is -3.70. The second-order valence-corrected chi connectivity index (χ2v) is 9.48. The van der Waals surface area contributed by atoms with Crippen LogP contribution in [0, 0.1) is 0 Å². The average molecular weight is 405 g/mol. The lowest BCUT2D eigenvalue weighted by Crippen LogP contribution is -2.36. The molecule has 0 atom stereocenters. The second-order valence-electron chi connectivity index (χ2n) is 3.57. The lowest BCUT2D eigenvalue weighted by molar-refractivity contribution is 0.103. The van der Waals surface area contributed by atoms with Crippen LogP contribution < -0.4 is 3.71 Å². The second kappa shape index (κ2) is 6.22. The molecule has 0 saturated carbocycles. The Kier molecular flexibility index (Phi) is 5.72. The van der Waals surface area contributed by atoms with E-state index < -0.39 is 19.1 Å². The van der Waals surface area contributed by atoms with E-state index in [-0.39, 0.29) is 17.6 Å². The Morgan fingerprint density at radius 1 is 1.15 bits per heavy atom. The van der Waals surface area contributed by atoms with Crippen LogP contribution in [0.25, 0.3) is 0 Å². The molecule has 0 bridgehead atoms. The van der Waals surface area contributed by atoms with Crippen molar-refractivity contribution in [3.05, 3.63) is 29.3 Å². The zero-order valence-electron chi connectivity index (χ0n) is 9.66. The fraction of sp³-hybridized carbons (Fsp3) is 0.333. The molecular formula is C9H7Cl4F2NO2S2. The van der Waals surface area contributed by atoms with Gasteiger partial charge in [-0.05, 0) is 35.9 Å². The van der Waals surface area contributed by atoms with Gasteiger partial charge in [-0.15, -0.1) is 0 Å². The van der Waals surface area contributed by atoms with Gasteiger partial charge in [-0.3, -0.25) is 0 Å². The summed E-state index contributed by atoms with van der Waals surface area (Å²) in [4.78, 5) is 0. The van der Waals surface area contributed by atoms with E-state index in [1.54, 1.807) is 0 Å². The number of nitrogens with zero attached hydrogens (tertiary/aromatic N) is 1. The van der Waals surface area contributed by atoms with Crippen LogP contribution in [-0.2, 0) is 10.0 Å². The number of sulfonamides is 1. The van der Waals surface area contributed by atoms with Crippen molar-refractivity contribution >= 4 is 74.1 Å². The van der Waals surface area contributed by atoms with E-state index in [1.807, 2.05) is 0 Å². The van der Waals surface area contributed by atoms with Crippen molar-refractivity contribution < 1.29 is 17.2 Å². The number of benzene rings is 1. The molecule has 1 rings (SSSR count). The predicted molar refractivity (Wildman–Crippen MR) is 81.6 cm³/mol. The number of alkyl halides is 5. The summed E-state index contributed by atoms with van der Waals surface area (Å²) in [5.74, 6) is 0. The fourth-order valence-corrected chi connectivity index (χ4v) is 3.84. The van der Waals surface area contributed by atoms with E-state index in [0.717, 1.165) is 6.26 Å². The highest BCUT2D eigenvalue weighted by Gasteiger charge is 2.53. The van der Waals surface area contributed by atoms with Crippen LogP contribution in [0.3, 0.4) is 0 Å². The minimum absolute atomic E-state index is 0.0290. The smallest absolute Gasteiger partial charge is 0.209 e. The van der Waals surface area contributed by atoms with E-state index >= 15 is 0 Å². The Morgan fingerprint density at radius 3 is 1.95 bits per heavy atom. The molecule has 0 heterocycles. The summed E-state index contributed by atoms with van der Waals surface area (Å²) in [7, 11) is -3.93. The maximum Gasteiger partial charge on any atom is 0.365 e. The van der Waals surface area contributed by atoms with Crippen molar-refractivity contribution in [3.63, 3.8) is 0 Å². The number of hydrogen-bond donors (Lipinski definition) is 0. The van der Waals surface area contributed by atoms with Crippen LogP contribution >= 0.6 is 58.4 Å². The van der Waals surface area contributed by atoms with Crippen LogP contribution in [-0.4, -0.2) is 23.7 Å². The van der Waals surface area contributed by atoms with Gasteiger partial charge in [-0.2, -0.15) is 8.78 Å². The van der Waals surface area contributed by atoms with Crippen molar-refractivity contribution in [2.24, 2.45) is 0 Å². The van der Waals surface area contributed by atoms with E-state index in [1.165, 1.54) is 24.3 Å². The zero-order chi connectivity index (χ0) is 15.8. The van der Waals surface area contributed by atoms with E-state index in [0.29, 0.717) is 8.73 Å². The molecule has 11 heteroatoms. The molecule has 0 aliphatic heterocycles. The third-order valence-electron chi connectivity index (χ3n) is 1.87. The van der Waals surface area contributed by atoms with Crippen LogP contribution in [0.5, 0.6) is 0 Å². The first-order valence-corrected chi connectivity index (χ1v) is 8.87. The number of anilines is 1. The third kappa shape index (κ3) is 4.68. The van der Waals surface area contributed by atoms with Crippen molar-refractivity contribution in [3.8, 4) is 0 Å². The number of rotatable bonds is 5. The molecule has 0 aliphatic rings. The molecule has 0 fully saturated rings. The fourth-order valence-electron chi connectivity index (χ4n) is 1.03. The average Bonchev–Trinajstić information content (AvgIpc) is 2.24. The predicted octanol–water partition coefficient (Wildman–Crippen LogP) is 4.72. The van der Waals surface area contributed by atoms with Crippen LogP contribution in [0.4, 0.5) is 14.5 Å². The molecule has 0 aliphatic carbocycles. The normalized spacial score (nSPS) is 13.3. The highest BCUT2D eigenvalue weighted by atomic mass is 35.5. The maximum atomic E-state index is 13.1. The highest BCUT2D eigenvalue weighted by Crippen LogP contribution is 2.52. The molecule has 0 amide bonds. The molecular weight excluding hydrogens is 398 g/mol. The van der Waals surface area contributed by atoms with Crippen molar-refractivity contribution in [2.75, 3.05) is 9.97 Å². The van der Waals surface area contributed by atoms with E-state index in [4.69, 9.17) is 46.4 Å². The molecule has 0 unspecified atom stereocenters. The summed E-state index contributed by atoms with van der Waals surface area (Å²) in [5.41, 5.74) is 0.0495. The molecule has 0 saturated heterocycles. The van der Waals surface area contributed by atoms with E-state index in [2.05, 4.69) is 0 Å². The SMILES string of the molecule is CS(=O)(=O)N(SC(Cl)(Cl)C(F)(F)Cl)c1ccc(Cl)cc1. The summed E-state index contributed by atoms with van der Waals surface area (Å²) < 4.78 is 47.2. The molecule has 3 nitrogen and oxygen atoms in total. The van der Waals surface area contributed by atoms with Crippen LogP contribution in [0.2, 0.25) is 5.02 Å². The molecule has 1 aromatic carbocycles. The molecule has 0 radical (unpaired) electrons. The molecule has 0 spiro atoms. The van der Waals surface area contributed by atoms with Gasteiger partial charge >= 0.3 is 5.38 Å². The molecule has 114 valence electrons. The van der Waals surface area contributed by atoms with Gasteiger partial charge in [-0.1, -0.05) is 34.8 Å². The topological polar surface area (TPSA) is 37.4 Å². The van der Waals surface area contributed by atoms with Crippen LogP contribution in [0.15, 0.2) is 24.3 Å². The van der Waals surface area contributed by atoms with Crippen molar-refractivity contribution in [1.29, 1.82) is 0 Å². The Balaban J connectivity index is 3.20. The lowest BCUT2D eigenvalue weighted by atomic mass is 10.3. The van der Waals surface area contributed by atoms with Gasteiger partial charge < -0.3 is 0 Å². The summed E-state index contributed by atoms with van der Waals surface area (Å²) >= 11 is 21.2. The molecule has 0 N–H and O–H groups in total. The van der Waals surface area contributed by atoms with Gasteiger partial charge in [0.15, 0.2) is 0 Å².